The van der Waals surface area contributed by atoms with Gasteiger partial charge in [0.25, 0.3) is 0 Å². The highest BCUT2D eigenvalue weighted by atomic mass is 16.6. The number of hydrogen-bond acceptors (Lipinski definition) is 4. The maximum atomic E-state index is 13.7. The summed E-state index contributed by atoms with van der Waals surface area (Å²) in [4.78, 5) is 30.9. The van der Waals surface area contributed by atoms with Crippen molar-refractivity contribution in [3.8, 4) is 22.6 Å². The molecule has 222 valence electrons. The molecule has 0 heterocycles. The van der Waals surface area contributed by atoms with Crippen LogP contribution in [0.5, 0.6) is 11.5 Å². The topological polar surface area (TPSA) is 59.1 Å². The number of carbonyl (C=O) groups excluding carboxylic acids is 2. The van der Waals surface area contributed by atoms with Gasteiger partial charge in [0.15, 0.2) is 0 Å². The van der Waals surface area contributed by atoms with Gasteiger partial charge in [-0.15, -0.1) is 0 Å². The normalized spacial score (nSPS) is 11.7. The van der Waals surface area contributed by atoms with Crippen LogP contribution in [0.3, 0.4) is 0 Å². The summed E-state index contributed by atoms with van der Waals surface area (Å²) in [5, 5.41) is 3.82. The van der Waals surface area contributed by atoms with Crippen molar-refractivity contribution >= 4 is 33.7 Å². The Morgan fingerprint density at radius 2 is 0.857 bits per heavy atom. The Hall–Kier alpha value is -4.06. The Labute approximate surface area is 250 Å². The lowest BCUT2D eigenvalue weighted by Gasteiger charge is -2.31. The van der Waals surface area contributed by atoms with Crippen LogP contribution in [0.25, 0.3) is 32.7 Å². The Balaban J connectivity index is 2.08. The Kier molecular flexibility index (Phi) is 9.15. The van der Waals surface area contributed by atoms with E-state index in [1.165, 1.54) is 0 Å². The van der Waals surface area contributed by atoms with Crippen LogP contribution >= 0.6 is 0 Å². The van der Waals surface area contributed by atoms with E-state index in [4.69, 9.17) is 9.47 Å². The highest BCUT2D eigenvalue weighted by Gasteiger charge is 2.30. The van der Waals surface area contributed by atoms with Gasteiger partial charge in [0.05, 0.1) is 0 Å². The average molecular weight is 569 g/mol. The molecule has 0 aliphatic carbocycles. The molecule has 42 heavy (non-hydrogen) atoms. The van der Waals surface area contributed by atoms with Crippen molar-refractivity contribution in [2.75, 3.05) is 0 Å². The maximum absolute atomic E-state index is 13.7. The Morgan fingerprint density at radius 1 is 0.548 bits per heavy atom. The van der Waals surface area contributed by atoms with Crippen LogP contribution in [-0.4, -0.2) is 46.2 Å². The van der Waals surface area contributed by atoms with E-state index in [1.807, 2.05) is 118 Å². The average Bonchev–Trinajstić information content (AvgIpc) is 2.89. The lowest BCUT2D eigenvalue weighted by molar-refractivity contribution is 0.121. The molecule has 0 aromatic heterocycles. The molecule has 0 saturated heterocycles. The van der Waals surface area contributed by atoms with Crippen LogP contribution in [0.15, 0.2) is 60.7 Å². The molecule has 0 radical (unpaired) electrons. The summed E-state index contributed by atoms with van der Waals surface area (Å²) < 4.78 is 12.7. The zero-order valence-corrected chi connectivity index (χ0v) is 26.6. The van der Waals surface area contributed by atoms with E-state index in [1.54, 1.807) is 9.80 Å². The number of hydrogen-bond donors (Lipinski definition) is 0. The van der Waals surface area contributed by atoms with Crippen molar-refractivity contribution in [3.63, 3.8) is 0 Å². The number of nitrogens with zero attached hydrogens (tertiary/aromatic N) is 2. The van der Waals surface area contributed by atoms with Crippen LogP contribution in [0.2, 0.25) is 0 Å². The van der Waals surface area contributed by atoms with Crippen LogP contribution in [-0.2, 0) is 0 Å². The molecule has 0 saturated carbocycles. The molecule has 0 spiro atoms. The third-order valence-corrected chi connectivity index (χ3v) is 7.65. The first kappa shape index (κ1) is 30.9. The van der Waals surface area contributed by atoms with Crippen molar-refractivity contribution in [3.05, 3.63) is 71.8 Å². The van der Waals surface area contributed by atoms with E-state index in [0.29, 0.717) is 11.5 Å². The monoisotopic (exact) mass is 568 g/mol. The smallest absolute Gasteiger partial charge is 0.409 e. The molecule has 0 bridgehead atoms. The Morgan fingerprint density at radius 3 is 1.17 bits per heavy atom. The fourth-order valence-electron chi connectivity index (χ4n) is 6.01. The molecule has 2 amide bonds. The maximum Gasteiger partial charge on any atom is 0.415 e. The first-order valence-corrected chi connectivity index (χ1v) is 14.9. The fourth-order valence-corrected chi connectivity index (χ4v) is 6.01. The largest absolute Gasteiger partial charge is 0.415 e. The molecule has 0 fully saturated rings. The minimum atomic E-state index is -0.416. The van der Waals surface area contributed by atoms with Crippen molar-refractivity contribution < 1.29 is 19.1 Å². The van der Waals surface area contributed by atoms with Crippen LogP contribution in [0, 0.1) is 13.8 Å². The predicted octanol–water partition coefficient (Wildman–Crippen LogP) is 9.51. The van der Waals surface area contributed by atoms with Crippen molar-refractivity contribution in [2.24, 2.45) is 0 Å². The van der Waals surface area contributed by atoms with E-state index < -0.39 is 12.2 Å². The molecule has 6 nitrogen and oxygen atoms in total. The molecule has 4 rings (SSSR count). The van der Waals surface area contributed by atoms with Crippen LogP contribution < -0.4 is 9.47 Å². The van der Waals surface area contributed by atoms with E-state index in [0.717, 1.165) is 43.8 Å². The van der Waals surface area contributed by atoms with E-state index in [-0.39, 0.29) is 24.2 Å². The third kappa shape index (κ3) is 5.94. The van der Waals surface area contributed by atoms with Crippen molar-refractivity contribution in [2.45, 2.75) is 93.4 Å². The molecule has 0 N–H and O–H groups in total. The molecule has 4 aromatic carbocycles. The molecule has 0 aliphatic rings. The minimum Gasteiger partial charge on any atom is -0.409 e. The number of carbonyl (C=O) groups is 2. The summed E-state index contributed by atoms with van der Waals surface area (Å²) in [6.45, 7) is 19.8. The van der Waals surface area contributed by atoms with E-state index in [2.05, 4.69) is 12.1 Å². The van der Waals surface area contributed by atoms with Gasteiger partial charge in [0, 0.05) is 35.3 Å². The molecule has 4 aromatic rings. The third-order valence-electron chi connectivity index (χ3n) is 7.65. The van der Waals surface area contributed by atoms with Gasteiger partial charge in [-0.2, -0.15) is 0 Å². The van der Waals surface area contributed by atoms with E-state index >= 15 is 0 Å². The molecular formula is C36H44N2O4. The number of ether oxygens (including phenoxy) is 2. The lowest BCUT2D eigenvalue weighted by atomic mass is 9.89. The molecule has 0 aliphatic heterocycles. The summed E-state index contributed by atoms with van der Waals surface area (Å²) in [7, 11) is 0. The summed E-state index contributed by atoms with van der Waals surface area (Å²) in [5.74, 6) is 0.922. The van der Waals surface area contributed by atoms with Gasteiger partial charge in [-0.1, -0.05) is 48.5 Å². The number of aryl methyl sites for hydroxylation is 2. The highest BCUT2D eigenvalue weighted by Crippen LogP contribution is 2.48. The summed E-state index contributed by atoms with van der Waals surface area (Å²) in [6, 6.07) is 20.0. The number of rotatable bonds is 7. The fraction of sp³-hybridized carbons (Fsp3) is 0.389. The second-order valence-electron chi connectivity index (χ2n) is 12.2. The van der Waals surface area contributed by atoms with Crippen LogP contribution in [0.4, 0.5) is 9.59 Å². The van der Waals surface area contributed by atoms with Gasteiger partial charge in [-0.05, 0) is 114 Å². The van der Waals surface area contributed by atoms with Gasteiger partial charge in [-0.3, -0.25) is 0 Å². The number of fused-ring (bicyclic) bond motifs is 2. The highest BCUT2D eigenvalue weighted by molar-refractivity contribution is 6.11. The van der Waals surface area contributed by atoms with E-state index in [9.17, 15) is 9.59 Å². The second kappa shape index (κ2) is 12.4. The van der Waals surface area contributed by atoms with Gasteiger partial charge in [0.2, 0.25) is 0 Å². The summed E-state index contributed by atoms with van der Waals surface area (Å²) in [6.07, 6.45) is -0.832. The molecule has 0 atom stereocenters. The number of benzene rings is 4. The van der Waals surface area contributed by atoms with Crippen molar-refractivity contribution in [1.82, 2.24) is 9.80 Å². The van der Waals surface area contributed by atoms with Gasteiger partial charge < -0.3 is 19.3 Å². The van der Waals surface area contributed by atoms with Gasteiger partial charge in [0.1, 0.15) is 11.5 Å². The Bertz CT molecular complexity index is 1480. The molecular weight excluding hydrogens is 524 g/mol. The van der Waals surface area contributed by atoms with Crippen molar-refractivity contribution in [1.29, 1.82) is 0 Å². The second-order valence-corrected chi connectivity index (χ2v) is 12.2. The summed E-state index contributed by atoms with van der Waals surface area (Å²) in [5.41, 5.74) is 3.10. The minimum absolute atomic E-state index is 0.0453. The van der Waals surface area contributed by atoms with Gasteiger partial charge in [-0.25, -0.2) is 9.59 Å². The standard InChI is InChI=1S/C36H44N2O4/c1-21(2)37(22(3)4)35(39)41-33-25(9)19-27-15-11-13-17-29(27)31(33)32-30-18-14-12-16-28(30)20-26(10)34(32)42-36(40)38(23(5)6)24(7)8/h11-24H,1-10H3. The zero-order valence-electron chi connectivity index (χ0n) is 26.6. The molecule has 0 unspecified atom stereocenters. The summed E-state index contributed by atoms with van der Waals surface area (Å²) >= 11 is 0. The van der Waals surface area contributed by atoms with Crippen LogP contribution in [0.1, 0.15) is 66.5 Å². The first-order valence-electron chi connectivity index (χ1n) is 14.9. The van der Waals surface area contributed by atoms with Gasteiger partial charge >= 0.3 is 12.2 Å². The SMILES string of the molecule is Cc1cc2ccccc2c(-c2c(OC(=O)N(C(C)C)C(C)C)c(C)cc3ccccc23)c1OC(=O)N(C(C)C)C(C)C. The zero-order chi connectivity index (χ0) is 30.9. The predicted molar refractivity (Wildman–Crippen MR) is 173 cm³/mol. The lowest BCUT2D eigenvalue weighted by Crippen LogP contribution is -2.44. The number of amides is 2. The quantitative estimate of drug-likeness (QED) is 0.223. The first-order chi connectivity index (χ1) is 19.8. The molecule has 6 heteroatoms.